The number of rotatable bonds is 5. The maximum absolute atomic E-state index is 11.1. The molecule has 0 bridgehead atoms. The Hall–Kier alpha value is -7.66. The van der Waals surface area contributed by atoms with Crippen LogP contribution in [0, 0.1) is 22.7 Å². The molecule has 0 N–H and O–H groups in total. The first-order chi connectivity index (χ1) is 29.9. The molecule has 4 nitrogen and oxygen atoms in total. The van der Waals surface area contributed by atoms with Crippen molar-refractivity contribution < 1.29 is 0 Å². The first-order valence-electron chi connectivity index (χ1n) is 21.3. The van der Waals surface area contributed by atoms with Gasteiger partial charge in [0.2, 0.25) is 0 Å². The molecular weight excluding hydrogens is 753 g/mol. The van der Waals surface area contributed by atoms with Gasteiger partial charge in [0.05, 0.1) is 44.6 Å². The van der Waals surface area contributed by atoms with Gasteiger partial charge >= 0.3 is 0 Å². The van der Waals surface area contributed by atoms with E-state index in [-0.39, 0.29) is 10.8 Å². The fourth-order valence-electron chi connectivity index (χ4n) is 9.26. The molecule has 0 saturated heterocycles. The Morgan fingerprint density at radius 1 is 0.355 bits per heavy atom. The first kappa shape index (κ1) is 38.5. The van der Waals surface area contributed by atoms with Gasteiger partial charge in [-0.3, -0.25) is 0 Å². The summed E-state index contributed by atoms with van der Waals surface area (Å²) in [6.45, 7) is 13.5. The van der Waals surface area contributed by atoms with Crippen LogP contribution in [0.4, 0.5) is 0 Å². The number of nitrogens with zero attached hydrogens (tertiary/aromatic N) is 4. The number of benzene rings is 8. The predicted molar refractivity (Wildman–Crippen MR) is 258 cm³/mol. The van der Waals surface area contributed by atoms with E-state index in [4.69, 9.17) is 0 Å². The predicted octanol–water partition coefficient (Wildman–Crippen LogP) is 15.2. The third-order valence-corrected chi connectivity index (χ3v) is 12.5. The van der Waals surface area contributed by atoms with Crippen LogP contribution < -0.4 is 0 Å². The van der Waals surface area contributed by atoms with Crippen molar-refractivity contribution in [1.82, 2.24) is 9.13 Å². The Morgan fingerprint density at radius 2 is 0.758 bits per heavy atom. The Morgan fingerprint density at radius 3 is 1.13 bits per heavy atom. The van der Waals surface area contributed by atoms with E-state index in [0.717, 1.165) is 88.4 Å². The van der Waals surface area contributed by atoms with Crippen LogP contribution in [0.25, 0.3) is 88.4 Å². The molecule has 2 heterocycles. The van der Waals surface area contributed by atoms with Crippen molar-refractivity contribution in [3.8, 4) is 56.9 Å². The zero-order chi connectivity index (χ0) is 42.9. The third kappa shape index (κ3) is 6.27. The van der Waals surface area contributed by atoms with Crippen molar-refractivity contribution in [2.75, 3.05) is 0 Å². The number of nitriles is 2. The molecule has 10 rings (SSSR count). The van der Waals surface area contributed by atoms with E-state index in [9.17, 15) is 10.5 Å². The van der Waals surface area contributed by atoms with Crippen LogP contribution >= 0.6 is 0 Å². The fourth-order valence-corrected chi connectivity index (χ4v) is 9.26. The maximum Gasteiger partial charge on any atom is 0.101 e. The molecule has 0 amide bonds. The molecule has 0 aliphatic rings. The molecule has 4 heteroatoms. The smallest absolute Gasteiger partial charge is 0.101 e. The fraction of sp³-hybridized carbons (Fsp3) is 0.138. The highest BCUT2D eigenvalue weighted by Gasteiger charge is 2.26. The molecule has 0 aliphatic carbocycles. The van der Waals surface area contributed by atoms with Crippen LogP contribution in [0.3, 0.4) is 0 Å². The summed E-state index contributed by atoms with van der Waals surface area (Å²) in [5.41, 5.74) is 15.2. The van der Waals surface area contributed by atoms with Crippen LogP contribution in [-0.4, -0.2) is 9.13 Å². The first-order valence-corrected chi connectivity index (χ1v) is 21.3. The molecule has 0 aliphatic heterocycles. The van der Waals surface area contributed by atoms with E-state index in [2.05, 4.69) is 196 Å². The highest BCUT2D eigenvalue weighted by molar-refractivity contribution is 6.13. The summed E-state index contributed by atoms with van der Waals surface area (Å²) in [4.78, 5) is 0. The molecule has 0 atom stereocenters. The molecule has 0 radical (unpaired) electrons. The van der Waals surface area contributed by atoms with E-state index in [0.29, 0.717) is 11.1 Å². The zero-order valence-corrected chi connectivity index (χ0v) is 36.0. The van der Waals surface area contributed by atoms with Crippen LogP contribution in [0.1, 0.15) is 63.8 Å². The molecular formula is C58H46N4. The summed E-state index contributed by atoms with van der Waals surface area (Å²) >= 11 is 0. The lowest BCUT2D eigenvalue weighted by Gasteiger charge is -2.21. The lowest BCUT2D eigenvalue weighted by molar-refractivity contribution is 0.591. The number of hydrogen-bond donors (Lipinski definition) is 0. The summed E-state index contributed by atoms with van der Waals surface area (Å²) in [5.74, 6) is 0. The molecule has 2 aromatic heterocycles. The van der Waals surface area contributed by atoms with E-state index in [1.807, 2.05) is 36.4 Å². The Kier molecular flexibility index (Phi) is 9.02. The Labute approximate surface area is 363 Å². The average molecular weight is 799 g/mol. The summed E-state index contributed by atoms with van der Waals surface area (Å²) in [7, 11) is 0. The monoisotopic (exact) mass is 798 g/mol. The highest BCUT2D eigenvalue weighted by atomic mass is 15.0. The summed E-state index contributed by atoms with van der Waals surface area (Å²) in [6.07, 6.45) is 0. The summed E-state index contributed by atoms with van der Waals surface area (Å²) in [5, 5.41) is 26.6. The van der Waals surface area contributed by atoms with Gasteiger partial charge in [-0.05, 0) is 92.7 Å². The van der Waals surface area contributed by atoms with Crippen molar-refractivity contribution in [1.29, 1.82) is 10.5 Å². The molecule has 0 unspecified atom stereocenters. The van der Waals surface area contributed by atoms with Crippen molar-refractivity contribution in [2.45, 2.75) is 52.4 Å². The molecule has 62 heavy (non-hydrogen) atoms. The zero-order valence-electron chi connectivity index (χ0n) is 36.0. The van der Waals surface area contributed by atoms with Crippen molar-refractivity contribution in [3.63, 3.8) is 0 Å². The second-order valence-corrected chi connectivity index (χ2v) is 18.5. The number of para-hydroxylation sites is 2. The minimum atomic E-state index is -0.0642. The molecule has 0 spiro atoms. The summed E-state index contributed by atoms with van der Waals surface area (Å²) in [6, 6.07) is 65.0. The van der Waals surface area contributed by atoms with Gasteiger partial charge in [-0.15, -0.1) is 0 Å². The van der Waals surface area contributed by atoms with Crippen LogP contribution in [-0.2, 0) is 10.8 Å². The van der Waals surface area contributed by atoms with E-state index < -0.39 is 0 Å². The molecule has 298 valence electrons. The van der Waals surface area contributed by atoms with E-state index in [1.54, 1.807) is 0 Å². The minimum absolute atomic E-state index is 0.0642. The van der Waals surface area contributed by atoms with Gasteiger partial charge in [0.25, 0.3) is 0 Å². The Bertz CT molecular complexity index is 3250. The lowest BCUT2D eigenvalue weighted by Crippen LogP contribution is -2.10. The largest absolute Gasteiger partial charge is 0.307 e. The second kappa shape index (κ2) is 14.5. The standard InChI is InChI=1S/C58H46N4/c1-57(2,3)43-25-29-51-49(33-43)45-27-23-39(37-15-9-7-10-16-37)31-53(45)61(51)55-41(35-59)19-13-21-47(55)48-22-14-20-42(36-60)56(48)62-52-30-26-44(58(4,5)6)34-50(52)46-28-24-40(32-54(46)62)38-17-11-8-12-18-38/h7-34H,1-6H3. The third-order valence-electron chi connectivity index (χ3n) is 12.5. The number of hydrogen-bond acceptors (Lipinski definition) is 2. The topological polar surface area (TPSA) is 57.4 Å². The van der Waals surface area contributed by atoms with Gasteiger partial charge in [0.15, 0.2) is 0 Å². The van der Waals surface area contributed by atoms with Crippen molar-refractivity contribution in [3.05, 3.63) is 192 Å². The van der Waals surface area contributed by atoms with Crippen molar-refractivity contribution >= 4 is 43.6 Å². The molecule has 10 aromatic rings. The van der Waals surface area contributed by atoms with E-state index in [1.165, 1.54) is 11.1 Å². The van der Waals surface area contributed by atoms with Gasteiger partial charge in [-0.25, -0.2) is 0 Å². The number of fused-ring (bicyclic) bond motifs is 6. The second-order valence-electron chi connectivity index (χ2n) is 18.5. The maximum atomic E-state index is 11.1. The number of aromatic nitrogens is 2. The van der Waals surface area contributed by atoms with Crippen molar-refractivity contribution in [2.24, 2.45) is 0 Å². The van der Waals surface area contributed by atoms with Crippen LogP contribution in [0.2, 0.25) is 0 Å². The van der Waals surface area contributed by atoms with E-state index >= 15 is 0 Å². The summed E-state index contributed by atoms with van der Waals surface area (Å²) < 4.78 is 4.57. The van der Waals surface area contributed by atoms with Gasteiger partial charge in [-0.2, -0.15) is 10.5 Å². The van der Waals surface area contributed by atoms with Gasteiger partial charge in [0, 0.05) is 32.7 Å². The minimum Gasteiger partial charge on any atom is -0.307 e. The lowest BCUT2D eigenvalue weighted by atomic mass is 9.86. The molecule has 0 fully saturated rings. The highest BCUT2D eigenvalue weighted by Crippen LogP contribution is 2.45. The van der Waals surface area contributed by atoms with Gasteiger partial charge in [-0.1, -0.05) is 163 Å². The van der Waals surface area contributed by atoms with Gasteiger partial charge < -0.3 is 9.13 Å². The SMILES string of the molecule is CC(C)(C)c1ccc2c(c1)c1ccc(-c3ccccc3)cc1n2-c1c(C#N)cccc1-c1cccc(C#N)c1-n1c2ccc(C(C)(C)C)cc2c2ccc(-c3ccccc3)cc21. The normalized spacial score (nSPS) is 12.0. The van der Waals surface area contributed by atoms with Crippen LogP contribution in [0.5, 0.6) is 0 Å². The van der Waals surface area contributed by atoms with Gasteiger partial charge in [0.1, 0.15) is 12.1 Å². The molecule has 0 saturated carbocycles. The average Bonchev–Trinajstić information content (AvgIpc) is 3.79. The quantitative estimate of drug-likeness (QED) is 0.174. The molecule has 8 aromatic carbocycles. The van der Waals surface area contributed by atoms with Crippen LogP contribution in [0.15, 0.2) is 170 Å². The Balaban J connectivity index is 1.33.